The minimum Gasteiger partial charge on any atom is -0.308 e. The van der Waals surface area contributed by atoms with Crippen LogP contribution in [-0.2, 0) is 13.2 Å². The van der Waals surface area contributed by atoms with E-state index in [1.54, 1.807) is 31.0 Å². The van der Waals surface area contributed by atoms with Gasteiger partial charge in [0.25, 0.3) is 0 Å². The summed E-state index contributed by atoms with van der Waals surface area (Å²) >= 11 is 6.42. The highest BCUT2D eigenvalue weighted by atomic mass is 79.9. The summed E-state index contributed by atoms with van der Waals surface area (Å²) in [4.78, 5) is 0. The molecule has 8 heteroatoms. The molecular weight excluding hydrogens is 415 g/mol. The standard InChI is InChI=1S/C13H12Br2F3N3/c1-19-11(12-10(15)6-20-21(12)2)8-4-3-7(14)5-9(8)13(16,17)18/h3-6,11,19H,1-2H3. The normalized spacial score (nSPS) is 13.5. The predicted octanol–water partition coefficient (Wildman–Crippen LogP) is 4.27. The average Bonchev–Trinajstić information content (AvgIpc) is 2.72. The van der Waals surface area contributed by atoms with Gasteiger partial charge in [-0.2, -0.15) is 18.3 Å². The van der Waals surface area contributed by atoms with Gasteiger partial charge < -0.3 is 5.32 Å². The zero-order valence-electron chi connectivity index (χ0n) is 11.2. The Morgan fingerprint density at radius 1 is 1.29 bits per heavy atom. The lowest BCUT2D eigenvalue weighted by Gasteiger charge is -2.22. The minimum absolute atomic E-state index is 0.150. The molecule has 0 spiro atoms. The van der Waals surface area contributed by atoms with Crippen LogP contribution in [0.3, 0.4) is 0 Å². The van der Waals surface area contributed by atoms with Gasteiger partial charge in [-0.05, 0) is 40.7 Å². The molecule has 1 N–H and O–H groups in total. The molecule has 0 saturated heterocycles. The van der Waals surface area contributed by atoms with Gasteiger partial charge in [0.2, 0.25) is 0 Å². The van der Waals surface area contributed by atoms with Gasteiger partial charge in [0.15, 0.2) is 0 Å². The number of alkyl halides is 3. The van der Waals surface area contributed by atoms with Crippen LogP contribution in [-0.4, -0.2) is 16.8 Å². The highest BCUT2D eigenvalue weighted by molar-refractivity contribution is 9.10. The largest absolute Gasteiger partial charge is 0.416 e. The van der Waals surface area contributed by atoms with Crippen molar-refractivity contribution in [1.82, 2.24) is 15.1 Å². The van der Waals surface area contributed by atoms with E-state index in [-0.39, 0.29) is 5.56 Å². The number of nitrogens with one attached hydrogen (secondary N) is 1. The molecule has 114 valence electrons. The van der Waals surface area contributed by atoms with Crippen molar-refractivity contribution in [2.24, 2.45) is 7.05 Å². The third-order valence-electron chi connectivity index (χ3n) is 3.13. The Morgan fingerprint density at radius 2 is 1.95 bits per heavy atom. The number of aryl methyl sites for hydroxylation is 1. The SMILES string of the molecule is CNC(c1ccc(Br)cc1C(F)(F)F)c1c(Br)cnn1C. The van der Waals surface area contributed by atoms with E-state index in [1.807, 2.05) is 0 Å². The van der Waals surface area contributed by atoms with E-state index in [0.717, 1.165) is 6.07 Å². The van der Waals surface area contributed by atoms with Crippen LogP contribution in [0.1, 0.15) is 22.9 Å². The molecular formula is C13H12Br2F3N3. The molecule has 0 saturated carbocycles. The molecule has 3 nitrogen and oxygen atoms in total. The monoisotopic (exact) mass is 425 g/mol. The Balaban J connectivity index is 2.64. The summed E-state index contributed by atoms with van der Waals surface area (Å²) in [6.07, 6.45) is -2.87. The second-order valence-electron chi connectivity index (χ2n) is 4.45. The number of halogens is 5. The van der Waals surface area contributed by atoms with E-state index in [2.05, 4.69) is 42.3 Å². The highest BCUT2D eigenvalue weighted by Crippen LogP contribution is 2.39. The molecule has 0 aliphatic heterocycles. The van der Waals surface area contributed by atoms with E-state index in [4.69, 9.17) is 0 Å². The molecule has 0 aliphatic rings. The van der Waals surface area contributed by atoms with Crippen molar-refractivity contribution in [2.75, 3.05) is 7.05 Å². The zero-order chi connectivity index (χ0) is 15.8. The molecule has 1 heterocycles. The number of rotatable bonds is 3. The smallest absolute Gasteiger partial charge is 0.308 e. The van der Waals surface area contributed by atoms with Crippen molar-refractivity contribution in [1.29, 1.82) is 0 Å². The molecule has 2 aromatic rings. The average molecular weight is 427 g/mol. The van der Waals surface area contributed by atoms with Crippen LogP contribution in [0.15, 0.2) is 33.3 Å². The number of benzene rings is 1. The summed E-state index contributed by atoms with van der Waals surface area (Å²) < 4.78 is 42.4. The van der Waals surface area contributed by atoms with Crippen molar-refractivity contribution in [3.63, 3.8) is 0 Å². The Morgan fingerprint density at radius 3 is 2.43 bits per heavy atom. The number of hydrogen-bond acceptors (Lipinski definition) is 2. The lowest BCUT2D eigenvalue weighted by Crippen LogP contribution is -2.24. The van der Waals surface area contributed by atoms with Gasteiger partial charge in [0, 0.05) is 11.5 Å². The highest BCUT2D eigenvalue weighted by Gasteiger charge is 2.36. The van der Waals surface area contributed by atoms with Crippen LogP contribution in [0.25, 0.3) is 0 Å². The van der Waals surface area contributed by atoms with Gasteiger partial charge >= 0.3 is 6.18 Å². The van der Waals surface area contributed by atoms with Crippen LogP contribution < -0.4 is 5.32 Å². The summed E-state index contributed by atoms with van der Waals surface area (Å²) in [5.41, 5.74) is 0.104. The number of hydrogen-bond donors (Lipinski definition) is 1. The number of aromatic nitrogens is 2. The molecule has 1 unspecified atom stereocenters. The third-order valence-corrected chi connectivity index (χ3v) is 4.24. The first-order valence-electron chi connectivity index (χ1n) is 5.97. The third kappa shape index (κ3) is 3.32. The van der Waals surface area contributed by atoms with Crippen molar-refractivity contribution >= 4 is 31.9 Å². The van der Waals surface area contributed by atoms with Crippen molar-refractivity contribution in [2.45, 2.75) is 12.2 Å². The summed E-state index contributed by atoms with van der Waals surface area (Å²) in [6.45, 7) is 0. The van der Waals surface area contributed by atoms with Gasteiger partial charge in [0.1, 0.15) is 0 Å². The van der Waals surface area contributed by atoms with E-state index in [0.29, 0.717) is 14.6 Å². The van der Waals surface area contributed by atoms with Crippen LogP contribution in [0, 0.1) is 0 Å². The Labute approximate surface area is 136 Å². The fourth-order valence-electron chi connectivity index (χ4n) is 2.21. The molecule has 0 amide bonds. The summed E-state index contributed by atoms with van der Waals surface area (Å²) in [6, 6.07) is 3.52. The Bertz CT molecular complexity index is 633. The van der Waals surface area contributed by atoms with E-state index < -0.39 is 17.8 Å². The van der Waals surface area contributed by atoms with Gasteiger partial charge in [-0.1, -0.05) is 22.0 Å². The van der Waals surface area contributed by atoms with Crippen LogP contribution >= 0.6 is 31.9 Å². The first-order chi connectivity index (χ1) is 9.75. The lowest BCUT2D eigenvalue weighted by molar-refractivity contribution is -0.138. The summed E-state index contributed by atoms with van der Waals surface area (Å²) in [5.74, 6) is 0. The first kappa shape index (κ1) is 16.5. The maximum absolute atomic E-state index is 13.3. The summed E-state index contributed by atoms with van der Waals surface area (Å²) in [7, 11) is 3.31. The number of nitrogens with zero attached hydrogens (tertiary/aromatic N) is 2. The van der Waals surface area contributed by atoms with Crippen LogP contribution in [0.4, 0.5) is 13.2 Å². The van der Waals surface area contributed by atoms with Crippen molar-refractivity contribution < 1.29 is 13.2 Å². The summed E-state index contributed by atoms with van der Waals surface area (Å²) in [5, 5.41) is 6.99. The van der Waals surface area contributed by atoms with E-state index in [1.165, 1.54) is 6.07 Å². The maximum atomic E-state index is 13.3. The second-order valence-corrected chi connectivity index (χ2v) is 6.22. The van der Waals surface area contributed by atoms with E-state index >= 15 is 0 Å². The quantitative estimate of drug-likeness (QED) is 0.794. The Hall–Kier alpha value is -0.860. The topological polar surface area (TPSA) is 29.9 Å². The van der Waals surface area contributed by atoms with Crippen LogP contribution in [0.5, 0.6) is 0 Å². The van der Waals surface area contributed by atoms with Gasteiger partial charge in [-0.3, -0.25) is 4.68 Å². The molecule has 21 heavy (non-hydrogen) atoms. The minimum atomic E-state index is -4.43. The Kier molecular flexibility index (Phi) is 4.79. The van der Waals surface area contributed by atoms with Crippen molar-refractivity contribution in [3.8, 4) is 0 Å². The molecule has 1 aromatic carbocycles. The molecule has 0 aliphatic carbocycles. The molecule has 0 bridgehead atoms. The predicted molar refractivity (Wildman–Crippen MR) is 81.0 cm³/mol. The van der Waals surface area contributed by atoms with Gasteiger partial charge in [0.05, 0.1) is 28.0 Å². The van der Waals surface area contributed by atoms with Gasteiger partial charge in [-0.25, -0.2) is 0 Å². The fourth-order valence-corrected chi connectivity index (χ4v) is 3.15. The fraction of sp³-hybridized carbons (Fsp3) is 0.308. The van der Waals surface area contributed by atoms with Gasteiger partial charge in [-0.15, -0.1) is 0 Å². The first-order valence-corrected chi connectivity index (χ1v) is 7.55. The molecule has 0 radical (unpaired) electrons. The van der Waals surface area contributed by atoms with Crippen molar-refractivity contribution in [3.05, 3.63) is 50.2 Å². The second kappa shape index (κ2) is 6.10. The lowest BCUT2D eigenvalue weighted by atomic mass is 9.97. The van der Waals surface area contributed by atoms with Crippen LogP contribution in [0.2, 0.25) is 0 Å². The molecule has 2 rings (SSSR count). The molecule has 0 fully saturated rings. The molecule has 1 atom stereocenters. The maximum Gasteiger partial charge on any atom is 0.416 e. The molecule has 1 aromatic heterocycles. The van der Waals surface area contributed by atoms with E-state index in [9.17, 15) is 13.2 Å². The zero-order valence-corrected chi connectivity index (χ0v) is 14.3.